The standard InChI is InChI=1S/C21H18BrN3O6/c22-16-10-13(19(28)24-8-2-4-12-3-1-5-14(26)9-12)6-7-15(16)20(29)25-17(21(30)31)11-18(23)27/h1,3,5-7,9-10,17,26H,8,11H2,(H2,23,27)(H,24,28)(H,25,29)(H,30,31)/t17-/m0/s1. The van der Waals surface area contributed by atoms with Gasteiger partial charge in [0.2, 0.25) is 5.91 Å². The van der Waals surface area contributed by atoms with Crippen molar-refractivity contribution in [2.45, 2.75) is 12.5 Å². The number of carboxylic acids is 1. The highest BCUT2D eigenvalue weighted by atomic mass is 79.9. The number of amides is 3. The number of aromatic hydroxyl groups is 1. The highest BCUT2D eigenvalue weighted by molar-refractivity contribution is 9.10. The van der Waals surface area contributed by atoms with Crippen LogP contribution in [0.2, 0.25) is 0 Å². The van der Waals surface area contributed by atoms with Gasteiger partial charge in [-0.25, -0.2) is 4.79 Å². The Morgan fingerprint density at radius 2 is 1.84 bits per heavy atom. The smallest absolute Gasteiger partial charge is 0.326 e. The van der Waals surface area contributed by atoms with Gasteiger partial charge in [0.15, 0.2) is 0 Å². The lowest BCUT2D eigenvalue weighted by Crippen LogP contribution is -2.43. The zero-order valence-electron chi connectivity index (χ0n) is 16.0. The molecule has 3 amide bonds. The number of hydrogen-bond acceptors (Lipinski definition) is 5. The number of carbonyl (C=O) groups is 4. The quantitative estimate of drug-likeness (QED) is 0.366. The van der Waals surface area contributed by atoms with E-state index in [1.807, 2.05) is 0 Å². The first-order valence-electron chi connectivity index (χ1n) is 8.85. The zero-order chi connectivity index (χ0) is 23.0. The number of hydrogen-bond donors (Lipinski definition) is 5. The summed E-state index contributed by atoms with van der Waals surface area (Å²) in [6, 6.07) is 9.05. The molecule has 0 spiro atoms. The molecular weight excluding hydrogens is 470 g/mol. The number of halogens is 1. The summed E-state index contributed by atoms with van der Waals surface area (Å²) in [5, 5.41) is 23.3. The Hall–Kier alpha value is -3.84. The number of carbonyl (C=O) groups excluding carboxylic acids is 3. The van der Waals surface area contributed by atoms with Crippen LogP contribution in [-0.4, -0.2) is 46.5 Å². The van der Waals surface area contributed by atoms with E-state index in [0.29, 0.717) is 5.56 Å². The lowest BCUT2D eigenvalue weighted by atomic mass is 10.1. The molecule has 6 N–H and O–H groups in total. The number of nitrogens with two attached hydrogens (primary N) is 1. The van der Waals surface area contributed by atoms with Crippen LogP contribution in [0.3, 0.4) is 0 Å². The van der Waals surface area contributed by atoms with Crippen LogP contribution >= 0.6 is 15.9 Å². The molecule has 0 aromatic heterocycles. The number of phenolic OH excluding ortho intramolecular Hbond substituents is 1. The van der Waals surface area contributed by atoms with E-state index >= 15 is 0 Å². The van der Waals surface area contributed by atoms with E-state index in [1.165, 1.54) is 30.3 Å². The average Bonchev–Trinajstić information content (AvgIpc) is 2.70. The van der Waals surface area contributed by atoms with Crippen molar-refractivity contribution in [1.82, 2.24) is 10.6 Å². The van der Waals surface area contributed by atoms with Crippen LogP contribution in [0, 0.1) is 11.8 Å². The van der Waals surface area contributed by atoms with Crippen LogP contribution in [-0.2, 0) is 9.59 Å². The molecule has 160 valence electrons. The number of rotatable bonds is 7. The number of primary amides is 1. The summed E-state index contributed by atoms with van der Waals surface area (Å²) in [7, 11) is 0. The van der Waals surface area contributed by atoms with E-state index in [0.717, 1.165) is 0 Å². The maximum absolute atomic E-state index is 12.3. The summed E-state index contributed by atoms with van der Waals surface area (Å²) in [6.45, 7) is 0.0573. The number of phenols is 1. The van der Waals surface area contributed by atoms with Gasteiger partial charge in [-0.05, 0) is 52.3 Å². The Bertz CT molecular complexity index is 1090. The SMILES string of the molecule is NC(=O)C[C@H](NC(=O)c1ccc(C(=O)NCC#Cc2cccc(O)c2)cc1Br)C(=O)O. The van der Waals surface area contributed by atoms with Gasteiger partial charge in [0, 0.05) is 15.6 Å². The van der Waals surface area contributed by atoms with Crippen molar-refractivity contribution in [2.75, 3.05) is 6.54 Å². The third-order valence-corrected chi connectivity index (χ3v) is 4.56. The van der Waals surface area contributed by atoms with Crippen LogP contribution in [0.5, 0.6) is 5.75 Å². The minimum Gasteiger partial charge on any atom is -0.508 e. The van der Waals surface area contributed by atoms with Crippen molar-refractivity contribution >= 4 is 39.6 Å². The predicted molar refractivity (Wildman–Crippen MR) is 114 cm³/mol. The van der Waals surface area contributed by atoms with E-state index in [9.17, 15) is 24.3 Å². The van der Waals surface area contributed by atoms with E-state index in [-0.39, 0.29) is 27.9 Å². The first-order valence-corrected chi connectivity index (χ1v) is 9.64. The van der Waals surface area contributed by atoms with Crippen molar-refractivity contribution in [3.63, 3.8) is 0 Å². The summed E-state index contributed by atoms with van der Waals surface area (Å²) in [5.74, 6) is 2.20. The van der Waals surface area contributed by atoms with Crippen LogP contribution in [0.1, 0.15) is 32.7 Å². The second-order valence-electron chi connectivity index (χ2n) is 6.26. The minimum atomic E-state index is -1.47. The van der Waals surface area contributed by atoms with Crippen molar-refractivity contribution in [1.29, 1.82) is 0 Å². The Kier molecular flexibility index (Phi) is 8.16. The maximum Gasteiger partial charge on any atom is 0.326 e. The molecular formula is C21H18BrN3O6. The first-order chi connectivity index (χ1) is 14.7. The zero-order valence-corrected chi connectivity index (χ0v) is 17.6. The molecule has 0 aliphatic rings. The summed E-state index contributed by atoms with van der Waals surface area (Å²) < 4.78 is 0.256. The molecule has 9 nitrogen and oxygen atoms in total. The van der Waals surface area contributed by atoms with Crippen molar-refractivity contribution in [3.05, 3.63) is 63.6 Å². The molecule has 31 heavy (non-hydrogen) atoms. The van der Waals surface area contributed by atoms with Crippen molar-refractivity contribution in [2.24, 2.45) is 5.73 Å². The third-order valence-electron chi connectivity index (χ3n) is 3.90. The summed E-state index contributed by atoms with van der Waals surface area (Å²) >= 11 is 3.18. The van der Waals surface area contributed by atoms with Crippen LogP contribution in [0.15, 0.2) is 46.9 Å². The van der Waals surface area contributed by atoms with Crippen LogP contribution < -0.4 is 16.4 Å². The summed E-state index contributed by atoms with van der Waals surface area (Å²) in [6.07, 6.45) is -0.553. The Balaban J connectivity index is 2.01. The second-order valence-corrected chi connectivity index (χ2v) is 7.12. The van der Waals surface area contributed by atoms with E-state index in [4.69, 9.17) is 10.8 Å². The van der Waals surface area contributed by atoms with E-state index < -0.39 is 36.2 Å². The maximum atomic E-state index is 12.3. The molecule has 0 saturated carbocycles. The van der Waals surface area contributed by atoms with Gasteiger partial charge in [-0.1, -0.05) is 17.9 Å². The Labute approximate surface area is 185 Å². The average molecular weight is 488 g/mol. The molecule has 2 rings (SSSR count). The van der Waals surface area contributed by atoms with Gasteiger partial charge in [-0.15, -0.1) is 0 Å². The number of benzene rings is 2. The highest BCUT2D eigenvalue weighted by Gasteiger charge is 2.24. The minimum absolute atomic E-state index is 0.0573. The molecule has 2 aromatic carbocycles. The Morgan fingerprint density at radius 1 is 1.10 bits per heavy atom. The molecule has 2 aromatic rings. The molecule has 1 atom stereocenters. The molecule has 0 heterocycles. The van der Waals surface area contributed by atoms with E-state index in [1.54, 1.807) is 12.1 Å². The molecule has 0 radical (unpaired) electrons. The van der Waals surface area contributed by atoms with Crippen molar-refractivity contribution < 1.29 is 29.4 Å². The predicted octanol–water partition coefficient (Wildman–Crippen LogP) is 0.995. The fraction of sp³-hybridized carbons (Fsp3) is 0.143. The molecule has 0 unspecified atom stereocenters. The molecule has 0 fully saturated rings. The number of aliphatic carboxylic acids is 1. The second kappa shape index (κ2) is 10.8. The van der Waals surface area contributed by atoms with Gasteiger partial charge in [0.05, 0.1) is 18.5 Å². The van der Waals surface area contributed by atoms with Crippen LogP contribution in [0.25, 0.3) is 0 Å². The van der Waals surface area contributed by atoms with E-state index in [2.05, 4.69) is 38.4 Å². The fourth-order valence-corrected chi connectivity index (χ4v) is 2.99. The highest BCUT2D eigenvalue weighted by Crippen LogP contribution is 2.19. The molecule has 0 aliphatic heterocycles. The summed E-state index contributed by atoms with van der Waals surface area (Å²) in [5.41, 5.74) is 5.92. The van der Waals surface area contributed by atoms with Gasteiger partial charge < -0.3 is 26.6 Å². The van der Waals surface area contributed by atoms with Gasteiger partial charge >= 0.3 is 5.97 Å². The number of nitrogens with one attached hydrogen (secondary N) is 2. The topological polar surface area (TPSA) is 159 Å². The monoisotopic (exact) mass is 487 g/mol. The lowest BCUT2D eigenvalue weighted by molar-refractivity contribution is -0.140. The first kappa shape index (κ1) is 23.4. The van der Waals surface area contributed by atoms with Crippen LogP contribution in [0.4, 0.5) is 0 Å². The largest absolute Gasteiger partial charge is 0.508 e. The van der Waals surface area contributed by atoms with Gasteiger partial charge in [-0.3, -0.25) is 14.4 Å². The molecule has 0 bridgehead atoms. The normalized spacial score (nSPS) is 10.9. The lowest BCUT2D eigenvalue weighted by Gasteiger charge is -2.14. The third kappa shape index (κ3) is 7.17. The van der Waals surface area contributed by atoms with Gasteiger partial charge in [0.1, 0.15) is 11.8 Å². The molecule has 0 saturated heterocycles. The summed E-state index contributed by atoms with van der Waals surface area (Å²) in [4.78, 5) is 46.7. The van der Waals surface area contributed by atoms with Gasteiger partial charge in [0.25, 0.3) is 11.8 Å². The molecule has 10 heteroatoms. The Morgan fingerprint density at radius 3 is 2.45 bits per heavy atom. The molecule has 0 aliphatic carbocycles. The fourth-order valence-electron chi connectivity index (χ4n) is 2.43. The number of carboxylic acid groups (broad SMARTS) is 1. The van der Waals surface area contributed by atoms with Gasteiger partial charge in [-0.2, -0.15) is 0 Å². The van der Waals surface area contributed by atoms with Crippen molar-refractivity contribution in [3.8, 4) is 17.6 Å².